The summed E-state index contributed by atoms with van der Waals surface area (Å²) in [5.41, 5.74) is 7.03. The molecule has 5 nitrogen and oxygen atoms in total. The van der Waals surface area contributed by atoms with E-state index in [1.54, 1.807) is 12.4 Å². The predicted molar refractivity (Wildman–Crippen MR) is 156 cm³/mol. The molecule has 6 heteroatoms. The Balaban J connectivity index is 1.46. The Hall–Kier alpha value is -4.94. The molecule has 0 aliphatic carbocycles. The summed E-state index contributed by atoms with van der Waals surface area (Å²) < 4.78 is 4.79. The molecular weight excluding hydrogens is 486 g/mol. The highest BCUT2D eigenvalue weighted by Gasteiger charge is 2.20. The van der Waals surface area contributed by atoms with Crippen molar-refractivity contribution in [1.29, 1.82) is 0 Å². The van der Waals surface area contributed by atoms with E-state index in [4.69, 9.17) is 15.0 Å². The summed E-state index contributed by atoms with van der Waals surface area (Å²) in [4.78, 5) is 18.8. The predicted octanol–water partition coefficient (Wildman–Crippen LogP) is 8.07. The van der Waals surface area contributed by atoms with Crippen LogP contribution in [0.3, 0.4) is 0 Å². The molecule has 38 heavy (non-hydrogen) atoms. The fourth-order valence-electron chi connectivity index (χ4n) is 5.30. The normalized spacial score (nSPS) is 11.7. The van der Waals surface area contributed by atoms with Gasteiger partial charge in [-0.2, -0.15) is 0 Å². The molecule has 0 fully saturated rings. The summed E-state index contributed by atoms with van der Waals surface area (Å²) in [6.45, 7) is 0. The van der Waals surface area contributed by atoms with Gasteiger partial charge in [-0.15, -0.1) is 11.3 Å². The highest BCUT2D eigenvalue weighted by molar-refractivity contribution is 7.26. The number of thiophene rings is 1. The van der Waals surface area contributed by atoms with Crippen molar-refractivity contribution in [1.82, 2.24) is 24.5 Å². The largest absolute Gasteiger partial charge is 0.304 e. The highest BCUT2D eigenvalue weighted by Crippen LogP contribution is 2.42. The molecule has 0 atom stereocenters. The highest BCUT2D eigenvalue weighted by atomic mass is 32.1. The van der Waals surface area contributed by atoms with E-state index in [1.807, 2.05) is 54.1 Å². The maximum Gasteiger partial charge on any atom is 0.159 e. The Kier molecular flexibility index (Phi) is 4.62. The molecule has 8 rings (SSSR count). The van der Waals surface area contributed by atoms with Crippen LogP contribution in [-0.2, 0) is 0 Å². The van der Waals surface area contributed by atoms with Gasteiger partial charge < -0.3 is 4.57 Å². The lowest BCUT2D eigenvalue weighted by molar-refractivity contribution is 1.08. The van der Waals surface area contributed by atoms with Crippen molar-refractivity contribution in [2.75, 3.05) is 0 Å². The molecule has 3 aromatic carbocycles. The lowest BCUT2D eigenvalue weighted by Crippen LogP contribution is -1.98. The van der Waals surface area contributed by atoms with Gasteiger partial charge in [-0.3, -0.25) is 4.98 Å². The third-order valence-corrected chi connectivity index (χ3v) is 8.15. The number of fused-ring (bicyclic) bond motifs is 7. The monoisotopic (exact) mass is 505 g/mol. The Morgan fingerprint density at radius 1 is 0.632 bits per heavy atom. The molecule has 5 aromatic heterocycles. The molecule has 5 heterocycles. The molecule has 0 saturated carbocycles. The van der Waals surface area contributed by atoms with Crippen molar-refractivity contribution in [2.24, 2.45) is 0 Å². The third kappa shape index (κ3) is 3.17. The quantitative estimate of drug-likeness (QED) is 0.244. The molecule has 0 aliphatic rings. The maximum absolute atomic E-state index is 5.19. The minimum absolute atomic E-state index is 0.674. The van der Waals surface area contributed by atoms with E-state index in [-0.39, 0.29) is 0 Å². The Morgan fingerprint density at radius 3 is 2.26 bits per heavy atom. The van der Waals surface area contributed by atoms with Crippen LogP contribution in [0.2, 0.25) is 0 Å². The lowest BCUT2D eigenvalue weighted by atomic mass is 10.1. The summed E-state index contributed by atoms with van der Waals surface area (Å²) in [6.07, 6.45) is 7.32. The number of nitrogens with zero attached hydrogens (tertiary/aromatic N) is 5. The zero-order valence-corrected chi connectivity index (χ0v) is 20.9. The van der Waals surface area contributed by atoms with E-state index in [1.165, 1.54) is 20.2 Å². The van der Waals surface area contributed by atoms with Crippen molar-refractivity contribution in [3.63, 3.8) is 0 Å². The Morgan fingerprint density at radius 2 is 1.42 bits per heavy atom. The van der Waals surface area contributed by atoms with Gasteiger partial charge >= 0.3 is 0 Å². The van der Waals surface area contributed by atoms with Crippen LogP contribution in [0, 0.1) is 0 Å². The topological polar surface area (TPSA) is 56.5 Å². The van der Waals surface area contributed by atoms with E-state index in [0.717, 1.165) is 44.4 Å². The van der Waals surface area contributed by atoms with Crippen molar-refractivity contribution in [2.45, 2.75) is 0 Å². The summed E-state index contributed by atoms with van der Waals surface area (Å²) in [6, 6.07) is 31.5. The second-order valence-corrected chi connectivity index (χ2v) is 10.3. The molecule has 8 aromatic rings. The van der Waals surface area contributed by atoms with Crippen molar-refractivity contribution in [3.05, 3.63) is 116 Å². The molecule has 0 unspecified atom stereocenters. The molecule has 0 spiro atoms. The van der Waals surface area contributed by atoms with Crippen LogP contribution in [0.15, 0.2) is 116 Å². The van der Waals surface area contributed by atoms with E-state index in [9.17, 15) is 0 Å². The van der Waals surface area contributed by atoms with Crippen LogP contribution in [-0.4, -0.2) is 24.5 Å². The molecule has 0 aliphatic heterocycles. The van der Waals surface area contributed by atoms with Gasteiger partial charge in [0.25, 0.3) is 0 Å². The average molecular weight is 506 g/mol. The van der Waals surface area contributed by atoms with Gasteiger partial charge in [0.1, 0.15) is 0 Å². The molecule has 0 radical (unpaired) electrons. The van der Waals surface area contributed by atoms with Crippen LogP contribution < -0.4 is 0 Å². The van der Waals surface area contributed by atoms with Crippen LogP contribution in [0.5, 0.6) is 0 Å². The summed E-state index contributed by atoms with van der Waals surface area (Å²) in [5.74, 6) is 0.674. The zero-order chi connectivity index (χ0) is 25.1. The van der Waals surface area contributed by atoms with Gasteiger partial charge in [0.2, 0.25) is 0 Å². The first kappa shape index (κ1) is 21.2. The Bertz CT molecular complexity index is 2110. The van der Waals surface area contributed by atoms with E-state index in [0.29, 0.717) is 5.82 Å². The molecule has 178 valence electrons. The number of aromatic nitrogens is 5. The molecule has 0 saturated heterocycles. The van der Waals surface area contributed by atoms with E-state index < -0.39 is 0 Å². The first-order chi connectivity index (χ1) is 18.8. The number of benzene rings is 3. The summed E-state index contributed by atoms with van der Waals surface area (Å²) >= 11 is 1.82. The van der Waals surface area contributed by atoms with Gasteiger partial charge in [0.05, 0.1) is 40.3 Å². The lowest BCUT2D eigenvalue weighted by Gasteiger charge is -2.09. The Labute approximate surface area is 221 Å². The van der Waals surface area contributed by atoms with Gasteiger partial charge in [0, 0.05) is 49.1 Å². The average Bonchev–Trinajstić information content (AvgIpc) is 3.53. The molecule has 0 bridgehead atoms. The number of rotatable bonds is 3. The summed E-state index contributed by atoms with van der Waals surface area (Å²) in [5, 5.41) is 3.60. The fraction of sp³-hybridized carbons (Fsp3) is 0. The minimum Gasteiger partial charge on any atom is -0.304 e. The number of hydrogen-bond acceptors (Lipinski definition) is 5. The molecule has 0 N–H and O–H groups in total. The second kappa shape index (κ2) is 8.30. The van der Waals surface area contributed by atoms with Crippen molar-refractivity contribution >= 4 is 53.4 Å². The first-order valence-electron chi connectivity index (χ1n) is 12.4. The maximum atomic E-state index is 5.19. The zero-order valence-electron chi connectivity index (χ0n) is 20.1. The van der Waals surface area contributed by atoms with Crippen LogP contribution in [0.25, 0.3) is 70.4 Å². The van der Waals surface area contributed by atoms with Crippen LogP contribution >= 0.6 is 11.3 Å². The number of pyridine rings is 2. The van der Waals surface area contributed by atoms with E-state index in [2.05, 4.69) is 70.2 Å². The third-order valence-electron chi connectivity index (χ3n) is 7.01. The standard InChI is InChI=1S/C32H19N5S/c1-2-6-20(7-3-1)25-11-12-26-30(36-25)24-10-13-28-29(23-8-4-5-9-27(23)38-28)31(24)37(26)22-18-34-32(35-19-22)21-14-16-33-17-15-21/h1-19H. The SMILES string of the molecule is c1ccc(-c2ccc3c(n2)c2ccc4sc5ccccc5c4c2n3-c2cnc(-c3ccncc3)nc2)cc1. The minimum atomic E-state index is 0.674. The first-order valence-corrected chi connectivity index (χ1v) is 13.2. The number of hydrogen-bond donors (Lipinski definition) is 0. The van der Waals surface area contributed by atoms with Gasteiger partial charge in [-0.05, 0) is 42.5 Å². The fourth-order valence-corrected chi connectivity index (χ4v) is 6.41. The van der Waals surface area contributed by atoms with Crippen molar-refractivity contribution < 1.29 is 0 Å². The smallest absolute Gasteiger partial charge is 0.159 e. The van der Waals surface area contributed by atoms with Crippen molar-refractivity contribution in [3.8, 4) is 28.3 Å². The van der Waals surface area contributed by atoms with Gasteiger partial charge in [-0.25, -0.2) is 15.0 Å². The second-order valence-electron chi connectivity index (χ2n) is 9.20. The summed E-state index contributed by atoms with van der Waals surface area (Å²) in [7, 11) is 0. The van der Waals surface area contributed by atoms with Crippen LogP contribution in [0.1, 0.15) is 0 Å². The van der Waals surface area contributed by atoms with Gasteiger partial charge in [0.15, 0.2) is 5.82 Å². The van der Waals surface area contributed by atoms with Gasteiger partial charge in [-0.1, -0.05) is 48.5 Å². The molecule has 0 amide bonds. The van der Waals surface area contributed by atoms with Crippen LogP contribution in [0.4, 0.5) is 0 Å². The molecular formula is C32H19N5S. The van der Waals surface area contributed by atoms with E-state index >= 15 is 0 Å².